The minimum Gasteiger partial charge on any atom is -0.436 e. The van der Waals surface area contributed by atoms with E-state index in [0.717, 1.165) is 63.0 Å². The molecule has 2 amide bonds. The molecule has 3 aromatic carbocycles. The molecule has 8 nitrogen and oxygen atoms in total. The van der Waals surface area contributed by atoms with Crippen molar-refractivity contribution in [3.8, 4) is 22.9 Å². The standard InChI is InChI=1S/C32H30N4O4/c37-31(35-15-3-1-4-16-35)23-11-7-21(8-12-23)29-33-25-19-26-28(20-27(25)39-29)40-30(34-26)22-9-13-24(14-10-22)32(38)36-17-5-2-6-18-36/h7-14,19-20H,1-6,15-18H2. The minimum absolute atomic E-state index is 0.0780. The second-order valence-corrected chi connectivity index (χ2v) is 10.7. The van der Waals surface area contributed by atoms with Crippen LogP contribution in [0.4, 0.5) is 0 Å². The van der Waals surface area contributed by atoms with E-state index < -0.39 is 0 Å². The van der Waals surface area contributed by atoms with Crippen LogP contribution < -0.4 is 0 Å². The number of rotatable bonds is 4. The van der Waals surface area contributed by atoms with Gasteiger partial charge in [-0.05, 0) is 93.1 Å². The molecular formula is C32H30N4O4. The molecule has 0 bridgehead atoms. The highest BCUT2D eigenvalue weighted by atomic mass is 16.4. The molecule has 40 heavy (non-hydrogen) atoms. The normalized spacial score (nSPS) is 16.1. The van der Waals surface area contributed by atoms with Crippen molar-refractivity contribution in [1.82, 2.24) is 19.8 Å². The SMILES string of the molecule is O=C(c1ccc(-c2nc3cc4nc(-c5ccc(C(=O)N6CCCCC6)cc5)oc4cc3o2)cc1)N1CCCCC1. The number of hydrogen-bond donors (Lipinski definition) is 0. The Hall–Kier alpha value is -4.46. The van der Waals surface area contributed by atoms with Crippen LogP contribution in [0.1, 0.15) is 59.2 Å². The Labute approximate surface area is 231 Å². The molecule has 0 radical (unpaired) electrons. The number of oxazole rings is 2. The summed E-state index contributed by atoms with van der Waals surface area (Å²) in [5.74, 6) is 1.12. The Morgan fingerprint density at radius 2 is 0.950 bits per heavy atom. The van der Waals surface area contributed by atoms with Crippen molar-refractivity contribution in [2.75, 3.05) is 26.2 Å². The number of fused-ring (bicyclic) bond motifs is 2. The Kier molecular flexibility index (Phi) is 6.30. The second kappa shape index (κ2) is 10.3. The summed E-state index contributed by atoms with van der Waals surface area (Å²) in [6.07, 6.45) is 6.65. The lowest BCUT2D eigenvalue weighted by atomic mass is 10.1. The summed E-state index contributed by atoms with van der Waals surface area (Å²) in [6, 6.07) is 18.5. The number of carbonyl (C=O) groups excluding carboxylic acids is 2. The van der Waals surface area contributed by atoms with Gasteiger partial charge < -0.3 is 18.6 Å². The molecule has 2 aliphatic rings. The van der Waals surface area contributed by atoms with Crippen molar-refractivity contribution in [2.24, 2.45) is 0 Å². The molecule has 0 saturated carbocycles. The van der Waals surface area contributed by atoms with Crippen LogP contribution >= 0.6 is 0 Å². The van der Waals surface area contributed by atoms with E-state index in [4.69, 9.17) is 8.83 Å². The molecule has 202 valence electrons. The minimum atomic E-state index is 0.0780. The Morgan fingerprint density at radius 1 is 0.550 bits per heavy atom. The topological polar surface area (TPSA) is 92.7 Å². The lowest BCUT2D eigenvalue weighted by Gasteiger charge is -2.26. The van der Waals surface area contributed by atoms with E-state index in [1.807, 2.05) is 64.4 Å². The first-order chi connectivity index (χ1) is 19.6. The number of nitrogens with zero attached hydrogens (tertiary/aromatic N) is 4. The average Bonchev–Trinajstić information content (AvgIpc) is 3.63. The Balaban J connectivity index is 1.10. The molecule has 2 saturated heterocycles. The van der Waals surface area contributed by atoms with Gasteiger partial charge in [-0.1, -0.05) is 0 Å². The second-order valence-electron chi connectivity index (χ2n) is 10.7. The van der Waals surface area contributed by atoms with Crippen LogP contribution in [0.15, 0.2) is 69.5 Å². The summed E-state index contributed by atoms with van der Waals surface area (Å²) in [5.41, 5.74) is 5.52. The van der Waals surface area contributed by atoms with E-state index in [-0.39, 0.29) is 11.8 Å². The number of amides is 2. The third kappa shape index (κ3) is 4.63. The average molecular weight is 535 g/mol. The highest BCUT2D eigenvalue weighted by Crippen LogP contribution is 2.31. The predicted molar refractivity (Wildman–Crippen MR) is 152 cm³/mol. The number of hydrogen-bond acceptors (Lipinski definition) is 6. The van der Waals surface area contributed by atoms with Crippen LogP contribution in [0.5, 0.6) is 0 Å². The van der Waals surface area contributed by atoms with Gasteiger partial charge in [-0.2, -0.15) is 0 Å². The van der Waals surface area contributed by atoms with Gasteiger partial charge in [0.2, 0.25) is 11.8 Å². The van der Waals surface area contributed by atoms with Crippen LogP contribution in [0.25, 0.3) is 45.1 Å². The number of likely N-dealkylation sites (tertiary alicyclic amines) is 2. The number of benzene rings is 3. The van der Waals surface area contributed by atoms with Gasteiger partial charge >= 0.3 is 0 Å². The maximum atomic E-state index is 12.8. The first-order valence-corrected chi connectivity index (χ1v) is 14.1. The van der Waals surface area contributed by atoms with Crippen molar-refractivity contribution in [3.05, 3.63) is 71.8 Å². The number of piperidine rings is 2. The third-order valence-electron chi connectivity index (χ3n) is 7.94. The third-order valence-corrected chi connectivity index (χ3v) is 7.94. The van der Waals surface area contributed by atoms with Crippen LogP contribution in [-0.2, 0) is 0 Å². The summed E-state index contributed by atoms with van der Waals surface area (Å²) < 4.78 is 12.1. The van der Waals surface area contributed by atoms with E-state index in [1.54, 1.807) is 6.07 Å². The van der Waals surface area contributed by atoms with Crippen molar-refractivity contribution in [3.63, 3.8) is 0 Å². The smallest absolute Gasteiger partial charge is 0.253 e. The summed E-state index contributed by atoms with van der Waals surface area (Å²) in [6.45, 7) is 3.30. The molecule has 2 aliphatic heterocycles. The molecule has 2 fully saturated rings. The van der Waals surface area contributed by atoms with E-state index in [2.05, 4.69) is 9.97 Å². The molecular weight excluding hydrogens is 504 g/mol. The lowest BCUT2D eigenvalue weighted by Crippen LogP contribution is -2.35. The van der Waals surface area contributed by atoms with Gasteiger partial charge in [-0.3, -0.25) is 9.59 Å². The number of aromatic nitrogens is 2. The number of carbonyl (C=O) groups is 2. The van der Waals surface area contributed by atoms with Gasteiger partial charge in [0.05, 0.1) is 0 Å². The lowest BCUT2D eigenvalue weighted by molar-refractivity contribution is 0.0717. The molecule has 5 aromatic rings. The molecule has 4 heterocycles. The first-order valence-electron chi connectivity index (χ1n) is 14.1. The highest BCUT2D eigenvalue weighted by molar-refractivity contribution is 5.96. The zero-order valence-corrected chi connectivity index (χ0v) is 22.3. The fraction of sp³-hybridized carbons (Fsp3) is 0.312. The van der Waals surface area contributed by atoms with Crippen molar-refractivity contribution >= 4 is 34.0 Å². The fourth-order valence-corrected chi connectivity index (χ4v) is 5.67. The van der Waals surface area contributed by atoms with Gasteiger partial charge in [0, 0.05) is 54.5 Å². The molecule has 8 heteroatoms. The van der Waals surface area contributed by atoms with Gasteiger partial charge in [0.15, 0.2) is 11.2 Å². The van der Waals surface area contributed by atoms with Gasteiger partial charge in [-0.25, -0.2) is 9.97 Å². The Morgan fingerprint density at radius 3 is 1.35 bits per heavy atom. The molecule has 7 rings (SSSR count). The molecule has 0 atom stereocenters. The van der Waals surface area contributed by atoms with Crippen molar-refractivity contribution in [2.45, 2.75) is 38.5 Å². The van der Waals surface area contributed by atoms with E-state index in [1.165, 1.54) is 12.8 Å². The molecule has 0 N–H and O–H groups in total. The van der Waals surface area contributed by atoms with Crippen LogP contribution in [0.3, 0.4) is 0 Å². The summed E-state index contributed by atoms with van der Waals surface area (Å²) in [5, 5.41) is 0. The summed E-state index contributed by atoms with van der Waals surface area (Å²) in [4.78, 5) is 38.8. The zero-order valence-electron chi connectivity index (χ0n) is 22.3. The fourth-order valence-electron chi connectivity index (χ4n) is 5.67. The largest absolute Gasteiger partial charge is 0.436 e. The van der Waals surface area contributed by atoms with Crippen molar-refractivity contribution < 1.29 is 18.4 Å². The molecule has 0 spiro atoms. The van der Waals surface area contributed by atoms with Crippen LogP contribution in [0.2, 0.25) is 0 Å². The summed E-state index contributed by atoms with van der Waals surface area (Å²) in [7, 11) is 0. The summed E-state index contributed by atoms with van der Waals surface area (Å²) >= 11 is 0. The van der Waals surface area contributed by atoms with E-state index >= 15 is 0 Å². The molecule has 0 aliphatic carbocycles. The maximum absolute atomic E-state index is 12.8. The first kappa shape index (κ1) is 24.6. The zero-order chi connectivity index (χ0) is 27.1. The van der Waals surface area contributed by atoms with Crippen LogP contribution in [-0.4, -0.2) is 57.8 Å². The monoisotopic (exact) mass is 534 g/mol. The molecule has 0 unspecified atom stereocenters. The Bertz CT molecular complexity index is 1510. The van der Waals surface area contributed by atoms with E-state index in [9.17, 15) is 9.59 Å². The van der Waals surface area contributed by atoms with Crippen LogP contribution in [0, 0.1) is 0 Å². The van der Waals surface area contributed by atoms with Gasteiger partial charge in [0.25, 0.3) is 11.8 Å². The maximum Gasteiger partial charge on any atom is 0.253 e. The molecule has 2 aromatic heterocycles. The predicted octanol–water partition coefficient (Wildman–Crippen LogP) is 6.56. The quantitative estimate of drug-likeness (QED) is 0.259. The van der Waals surface area contributed by atoms with Crippen molar-refractivity contribution in [1.29, 1.82) is 0 Å². The van der Waals surface area contributed by atoms with Gasteiger partial charge in [0.1, 0.15) is 11.0 Å². The van der Waals surface area contributed by atoms with E-state index in [0.29, 0.717) is 45.1 Å². The van der Waals surface area contributed by atoms with Gasteiger partial charge in [-0.15, -0.1) is 0 Å². The highest BCUT2D eigenvalue weighted by Gasteiger charge is 2.20.